The van der Waals surface area contributed by atoms with Crippen molar-refractivity contribution in [1.29, 1.82) is 0 Å². The molecule has 1 amide bonds. The van der Waals surface area contributed by atoms with Crippen LogP contribution >= 0.6 is 12.4 Å². The first kappa shape index (κ1) is 16.8. The highest BCUT2D eigenvalue weighted by Crippen LogP contribution is 2.19. The molecular weight excluding hydrogens is 262 g/mol. The fraction of sp³-hybridized carbons (Fsp3) is 0.417. The van der Waals surface area contributed by atoms with E-state index in [2.05, 4.69) is 5.32 Å². The Bertz CT molecular complexity index is 433. The maximum Gasteiger partial charge on any atom is 0.241 e. The molecule has 6 heteroatoms. The predicted molar refractivity (Wildman–Crippen MR) is 69.7 cm³/mol. The van der Waals surface area contributed by atoms with E-state index in [1.807, 2.05) is 20.8 Å². The lowest BCUT2D eigenvalue weighted by molar-refractivity contribution is -0.119. The number of nitrogens with two attached hydrogens (primary N) is 1. The van der Waals surface area contributed by atoms with Crippen LogP contribution in [0, 0.1) is 17.0 Å². The van der Waals surface area contributed by atoms with Crippen molar-refractivity contribution in [3.63, 3.8) is 0 Å². The van der Waals surface area contributed by atoms with Gasteiger partial charge in [-0.05, 0) is 17.5 Å². The smallest absolute Gasteiger partial charge is 0.241 e. The molecule has 1 aromatic carbocycles. The van der Waals surface area contributed by atoms with Gasteiger partial charge in [-0.3, -0.25) is 4.79 Å². The van der Waals surface area contributed by atoms with Gasteiger partial charge in [0.2, 0.25) is 5.91 Å². The van der Waals surface area contributed by atoms with E-state index < -0.39 is 29.0 Å². The van der Waals surface area contributed by atoms with Crippen LogP contribution < -0.4 is 11.1 Å². The van der Waals surface area contributed by atoms with Crippen molar-refractivity contribution in [1.82, 2.24) is 0 Å². The summed E-state index contributed by atoms with van der Waals surface area (Å²) >= 11 is 0. The first-order chi connectivity index (χ1) is 7.71. The van der Waals surface area contributed by atoms with E-state index in [1.165, 1.54) is 6.07 Å². The van der Waals surface area contributed by atoms with Gasteiger partial charge in [-0.15, -0.1) is 12.4 Å². The van der Waals surface area contributed by atoms with Crippen molar-refractivity contribution >= 4 is 24.0 Å². The Morgan fingerprint density at radius 2 is 1.83 bits per heavy atom. The minimum atomic E-state index is -1.01. The lowest BCUT2D eigenvalue weighted by atomic mass is 9.87. The van der Waals surface area contributed by atoms with Gasteiger partial charge in [-0.2, -0.15) is 0 Å². The van der Waals surface area contributed by atoms with Crippen molar-refractivity contribution in [2.45, 2.75) is 26.8 Å². The summed E-state index contributed by atoms with van der Waals surface area (Å²) in [4.78, 5) is 11.7. The van der Waals surface area contributed by atoms with Crippen LogP contribution in [0.2, 0.25) is 0 Å². The molecule has 0 unspecified atom stereocenters. The van der Waals surface area contributed by atoms with Crippen molar-refractivity contribution < 1.29 is 13.6 Å². The standard InChI is InChI=1S/C12H16F2N2O.ClH/c1-12(2,3)10(15)11(17)16-7-4-5-8(13)9(14)6-7;/h4-6,10H,15H2,1-3H3,(H,16,17);1H/t10-;/m1./s1. The number of carbonyl (C=O) groups excluding carboxylic acids is 1. The third kappa shape index (κ3) is 4.23. The zero-order valence-corrected chi connectivity index (χ0v) is 11.3. The number of carbonyl (C=O) groups is 1. The summed E-state index contributed by atoms with van der Waals surface area (Å²) in [5, 5.41) is 2.45. The molecule has 0 aromatic heterocycles. The topological polar surface area (TPSA) is 55.1 Å². The molecule has 0 aliphatic heterocycles. The summed E-state index contributed by atoms with van der Waals surface area (Å²) in [5.41, 5.74) is 5.52. The molecule has 0 aliphatic carbocycles. The van der Waals surface area contributed by atoms with Gasteiger partial charge in [-0.25, -0.2) is 8.78 Å². The van der Waals surface area contributed by atoms with E-state index in [0.29, 0.717) is 0 Å². The van der Waals surface area contributed by atoms with E-state index >= 15 is 0 Å². The highest BCUT2D eigenvalue weighted by molar-refractivity contribution is 5.95. The molecule has 1 atom stereocenters. The number of anilines is 1. The molecule has 18 heavy (non-hydrogen) atoms. The summed E-state index contributed by atoms with van der Waals surface area (Å²) in [6, 6.07) is 2.43. The molecule has 0 heterocycles. The zero-order valence-electron chi connectivity index (χ0n) is 10.5. The van der Waals surface area contributed by atoms with Gasteiger partial charge in [0, 0.05) is 11.8 Å². The SMILES string of the molecule is CC(C)(C)[C@H](N)C(=O)Nc1ccc(F)c(F)c1.Cl. The highest BCUT2D eigenvalue weighted by atomic mass is 35.5. The molecule has 3 nitrogen and oxygen atoms in total. The molecule has 0 radical (unpaired) electrons. The summed E-state index contributed by atoms with van der Waals surface area (Å²) < 4.78 is 25.6. The first-order valence-electron chi connectivity index (χ1n) is 5.23. The van der Waals surface area contributed by atoms with Crippen LogP contribution in [-0.2, 0) is 4.79 Å². The average Bonchev–Trinajstić information content (AvgIpc) is 2.21. The summed E-state index contributed by atoms with van der Waals surface area (Å²) in [5.74, 6) is -2.39. The van der Waals surface area contributed by atoms with E-state index in [1.54, 1.807) is 0 Å². The van der Waals surface area contributed by atoms with Crippen molar-refractivity contribution in [3.05, 3.63) is 29.8 Å². The Morgan fingerprint density at radius 3 is 2.28 bits per heavy atom. The maximum atomic E-state index is 12.9. The Balaban J connectivity index is 0.00000289. The van der Waals surface area contributed by atoms with Gasteiger partial charge in [-0.1, -0.05) is 20.8 Å². The molecule has 0 spiro atoms. The average molecular weight is 279 g/mol. The minimum Gasteiger partial charge on any atom is -0.325 e. The second-order valence-electron chi connectivity index (χ2n) is 4.96. The van der Waals surface area contributed by atoms with Crippen LogP contribution in [0.5, 0.6) is 0 Å². The number of rotatable bonds is 2. The molecule has 0 bridgehead atoms. The largest absolute Gasteiger partial charge is 0.325 e. The third-order valence-corrected chi connectivity index (χ3v) is 2.40. The molecule has 3 N–H and O–H groups in total. The quantitative estimate of drug-likeness (QED) is 0.874. The Labute approximate surface area is 111 Å². The van der Waals surface area contributed by atoms with Gasteiger partial charge in [0.15, 0.2) is 11.6 Å². The third-order valence-electron chi connectivity index (χ3n) is 2.40. The molecule has 0 saturated heterocycles. The zero-order chi connectivity index (χ0) is 13.2. The molecule has 0 saturated carbocycles. The van der Waals surface area contributed by atoms with Gasteiger partial charge in [0.1, 0.15) is 0 Å². The summed E-state index contributed by atoms with van der Waals surface area (Å²) in [7, 11) is 0. The number of benzene rings is 1. The van der Waals surface area contributed by atoms with Crippen LogP contribution in [0.25, 0.3) is 0 Å². The van der Waals surface area contributed by atoms with Crippen LogP contribution in [0.1, 0.15) is 20.8 Å². The second kappa shape index (κ2) is 6.11. The molecule has 0 fully saturated rings. The maximum absolute atomic E-state index is 12.9. The number of halogens is 3. The van der Waals surface area contributed by atoms with E-state index in [4.69, 9.17) is 5.73 Å². The first-order valence-corrected chi connectivity index (χ1v) is 5.23. The second-order valence-corrected chi connectivity index (χ2v) is 4.96. The van der Waals surface area contributed by atoms with E-state index in [-0.39, 0.29) is 18.1 Å². The van der Waals surface area contributed by atoms with Gasteiger partial charge in [0.05, 0.1) is 6.04 Å². The Kier molecular flexibility index (Phi) is 5.70. The van der Waals surface area contributed by atoms with Crippen molar-refractivity contribution in [2.75, 3.05) is 5.32 Å². The Hall–Kier alpha value is -1.20. The fourth-order valence-corrected chi connectivity index (χ4v) is 1.19. The normalized spacial score (nSPS) is 12.6. The monoisotopic (exact) mass is 278 g/mol. The van der Waals surface area contributed by atoms with Gasteiger partial charge >= 0.3 is 0 Å². The van der Waals surface area contributed by atoms with Gasteiger partial charge in [0.25, 0.3) is 0 Å². The van der Waals surface area contributed by atoms with Crippen molar-refractivity contribution in [3.8, 4) is 0 Å². The van der Waals surface area contributed by atoms with Crippen LogP contribution in [-0.4, -0.2) is 11.9 Å². The molecule has 102 valence electrons. The number of amides is 1. The molecule has 1 rings (SSSR count). The molecule has 1 aromatic rings. The number of hydrogen-bond donors (Lipinski definition) is 2. The summed E-state index contributed by atoms with van der Waals surface area (Å²) in [6.07, 6.45) is 0. The van der Waals surface area contributed by atoms with Crippen LogP contribution in [0.4, 0.5) is 14.5 Å². The van der Waals surface area contributed by atoms with Crippen LogP contribution in [0.3, 0.4) is 0 Å². The van der Waals surface area contributed by atoms with Gasteiger partial charge < -0.3 is 11.1 Å². The van der Waals surface area contributed by atoms with Crippen molar-refractivity contribution in [2.24, 2.45) is 11.1 Å². The lowest BCUT2D eigenvalue weighted by Gasteiger charge is -2.25. The molecule has 0 aliphatic rings. The highest BCUT2D eigenvalue weighted by Gasteiger charge is 2.27. The Morgan fingerprint density at radius 1 is 1.28 bits per heavy atom. The lowest BCUT2D eigenvalue weighted by Crippen LogP contribution is -2.45. The minimum absolute atomic E-state index is 0. The van der Waals surface area contributed by atoms with Crippen LogP contribution in [0.15, 0.2) is 18.2 Å². The molecular formula is C12H17ClF2N2O. The number of nitrogens with one attached hydrogen (secondary N) is 1. The number of hydrogen-bond acceptors (Lipinski definition) is 2. The summed E-state index contributed by atoms with van der Waals surface area (Å²) in [6.45, 7) is 5.47. The fourth-order valence-electron chi connectivity index (χ4n) is 1.19. The van der Waals surface area contributed by atoms with E-state index in [9.17, 15) is 13.6 Å². The van der Waals surface area contributed by atoms with E-state index in [0.717, 1.165) is 12.1 Å². The predicted octanol–water partition coefficient (Wildman–Crippen LogP) is 2.70.